The zero-order chi connectivity index (χ0) is 22.9. The van der Waals surface area contributed by atoms with Crippen molar-refractivity contribution in [1.82, 2.24) is 4.90 Å². The van der Waals surface area contributed by atoms with E-state index in [0.29, 0.717) is 61.2 Å². The Bertz CT molecular complexity index is 926. The summed E-state index contributed by atoms with van der Waals surface area (Å²) in [5.74, 6) is 1.64. The Balaban J connectivity index is 1.47. The average Bonchev–Trinajstić information content (AvgIpc) is 2.80. The van der Waals surface area contributed by atoms with Crippen LogP contribution < -0.4 is 24.8 Å². The van der Waals surface area contributed by atoms with Gasteiger partial charge < -0.3 is 24.8 Å². The molecule has 0 saturated carbocycles. The lowest BCUT2D eigenvalue weighted by molar-refractivity contribution is -0.121. The monoisotopic (exact) mass is 441 g/mol. The molecule has 3 rings (SSSR count). The van der Waals surface area contributed by atoms with Gasteiger partial charge in [-0.15, -0.1) is 0 Å². The zero-order valence-electron chi connectivity index (χ0n) is 18.8. The summed E-state index contributed by atoms with van der Waals surface area (Å²) in [6, 6.07) is 12.7. The number of para-hydroxylation sites is 2. The van der Waals surface area contributed by atoms with E-state index in [4.69, 9.17) is 14.2 Å². The number of hydrogen-bond donors (Lipinski definition) is 2. The number of anilines is 2. The van der Waals surface area contributed by atoms with Crippen molar-refractivity contribution in [3.8, 4) is 17.2 Å². The van der Waals surface area contributed by atoms with Gasteiger partial charge in [0.15, 0.2) is 11.5 Å². The molecular formula is C24H31N3O5. The maximum Gasteiger partial charge on any atom is 0.238 e. The van der Waals surface area contributed by atoms with Crippen molar-refractivity contribution in [1.29, 1.82) is 0 Å². The smallest absolute Gasteiger partial charge is 0.238 e. The first-order valence-electron chi connectivity index (χ1n) is 10.8. The van der Waals surface area contributed by atoms with Crippen molar-refractivity contribution < 1.29 is 23.8 Å². The van der Waals surface area contributed by atoms with Gasteiger partial charge in [-0.1, -0.05) is 12.1 Å². The van der Waals surface area contributed by atoms with Crippen molar-refractivity contribution in [2.75, 3.05) is 51.1 Å². The number of rotatable bonds is 9. The standard InChI is InChI=1S/C24H31N3O5/c1-4-32-20-8-6-5-7-19(20)26-24(29)17-11-13-27(14-12-17)16-23(28)25-18-9-10-21(30-2)22(15-18)31-3/h5-10,15,17H,4,11-14,16H2,1-3H3,(H,25,28)(H,26,29). The lowest BCUT2D eigenvalue weighted by Crippen LogP contribution is -2.41. The van der Waals surface area contributed by atoms with Crippen LogP contribution in [0.3, 0.4) is 0 Å². The van der Waals surface area contributed by atoms with Crippen LogP contribution >= 0.6 is 0 Å². The number of hydrogen-bond acceptors (Lipinski definition) is 6. The van der Waals surface area contributed by atoms with E-state index < -0.39 is 0 Å². The quantitative estimate of drug-likeness (QED) is 0.620. The van der Waals surface area contributed by atoms with Crippen LogP contribution in [-0.2, 0) is 9.59 Å². The van der Waals surface area contributed by atoms with Gasteiger partial charge in [0.2, 0.25) is 11.8 Å². The molecule has 2 amide bonds. The molecule has 0 aromatic heterocycles. The third kappa shape index (κ3) is 6.13. The molecule has 1 aliphatic rings. The van der Waals surface area contributed by atoms with Gasteiger partial charge in [0.1, 0.15) is 5.75 Å². The maximum absolute atomic E-state index is 12.7. The van der Waals surface area contributed by atoms with Gasteiger partial charge in [-0.2, -0.15) is 0 Å². The molecule has 0 aliphatic carbocycles. The summed E-state index contributed by atoms with van der Waals surface area (Å²) in [4.78, 5) is 27.3. The highest BCUT2D eigenvalue weighted by Gasteiger charge is 2.26. The van der Waals surface area contributed by atoms with Gasteiger partial charge >= 0.3 is 0 Å². The first-order valence-corrected chi connectivity index (χ1v) is 10.8. The van der Waals surface area contributed by atoms with Crippen LogP contribution in [0.1, 0.15) is 19.8 Å². The van der Waals surface area contributed by atoms with E-state index in [9.17, 15) is 9.59 Å². The average molecular weight is 442 g/mol. The highest BCUT2D eigenvalue weighted by atomic mass is 16.5. The molecule has 0 radical (unpaired) electrons. The molecule has 0 bridgehead atoms. The van der Waals surface area contributed by atoms with Crippen LogP contribution in [0.4, 0.5) is 11.4 Å². The number of nitrogens with one attached hydrogen (secondary N) is 2. The minimum Gasteiger partial charge on any atom is -0.493 e. The molecule has 1 fully saturated rings. The lowest BCUT2D eigenvalue weighted by Gasteiger charge is -2.30. The number of ether oxygens (including phenoxy) is 3. The van der Waals surface area contributed by atoms with Crippen LogP contribution in [0.15, 0.2) is 42.5 Å². The Hall–Kier alpha value is -3.26. The van der Waals surface area contributed by atoms with E-state index >= 15 is 0 Å². The number of piperidine rings is 1. The second-order valence-corrected chi connectivity index (χ2v) is 7.59. The first kappa shape index (κ1) is 23.4. The Labute approximate surface area is 188 Å². The molecule has 1 saturated heterocycles. The molecule has 0 spiro atoms. The summed E-state index contributed by atoms with van der Waals surface area (Å²) in [5.41, 5.74) is 1.34. The van der Waals surface area contributed by atoms with Crippen molar-refractivity contribution in [3.05, 3.63) is 42.5 Å². The molecule has 0 unspecified atom stereocenters. The summed E-state index contributed by atoms with van der Waals surface area (Å²) >= 11 is 0. The number of benzene rings is 2. The van der Waals surface area contributed by atoms with Crippen molar-refractivity contribution in [2.45, 2.75) is 19.8 Å². The van der Waals surface area contributed by atoms with Crippen molar-refractivity contribution in [2.24, 2.45) is 5.92 Å². The largest absolute Gasteiger partial charge is 0.493 e. The second-order valence-electron chi connectivity index (χ2n) is 7.59. The Morgan fingerprint density at radius 1 is 0.969 bits per heavy atom. The predicted molar refractivity (Wildman–Crippen MR) is 124 cm³/mol. The second kappa shape index (κ2) is 11.4. The van der Waals surface area contributed by atoms with Crippen molar-refractivity contribution >= 4 is 23.2 Å². The maximum atomic E-state index is 12.7. The fourth-order valence-corrected chi connectivity index (χ4v) is 3.76. The Morgan fingerprint density at radius 2 is 1.69 bits per heavy atom. The topological polar surface area (TPSA) is 89.1 Å². The van der Waals surface area contributed by atoms with Crippen LogP contribution in [0, 0.1) is 5.92 Å². The first-order chi connectivity index (χ1) is 15.5. The van der Waals surface area contributed by atoms with E-state index in [1.165, 1.54) is 0 Å². The van der Waals surface area contributed by atoms with Crippen molar-refractivity contribution in [3.63, 3.8) is 0 Å². The van der Waals surface area contributed by atoms with Crippen LogP contribution in [0.25, 0.3) is 0 Å². The Kier molecular flexibility index (Phi) is 8.33. The lowest BCUT2D eigenvalue weighted by atomic mass is 9.95. The SMILES string of the molecule is CCOc1ccccc1NC(=O)C1CCN(CC(=O)Nc2ccc(OC)c(OC)c2)CC1. The minimum absolute atomic E-state index is 0.00779. The van der Waals surface area contributed by atoms with Gasteiger partial charge in [-0.05, 0) is 57.1 Å². The van der Waals surface area contributed by atoms with E-state index in [-0.39, 0.29) is 24.3 Å². The fraction of sp³-hybridized carbons (Fsp3) is 0.417. The summed E-state index contributed by atoms with van der Waals surface area (Å²) < 4.78 is 16.1. The molecule has 2 N–H and O–H groups in total. The molecule has 0 atom stereocenters. The number of amides is 2. The van der Waals surface area contributed by atoms with Crippen LogP contribution in [0.2, 0.25) is 0 Å². The molecule has 172 valence electrons. The Morgan fingerprint density at radius 3 is 2.38 bits per heavy atom. The zero-order valence-corrected chi connectivity index (χ0v) is 18.8. The molecule has 32 heavy (non-hydrogen) atoms. The molecular weight excluding hydrogens is 410 g/mol. The normalized spacial score (nSPS) is 14.5. The van der Waals surface area contributed by atoms with Crippen LogP contribution in [0.5, 0.6) is 17.2 Å². The summed E-state index contributed by atoms with van der Waals surface area (Å²) in [7, 11) is 3.12. The summed E-state index contributed by atoms with van der Waals surface area (Å²) in [6.07, 6.45) is 1.40. The van der Waals surface area contributed by atoms with Gasteiger partial charge in [0, 0.05) is 17.7 Å². The molecule has 1 aliphatic heterocycles. The van der Waals surface area contributed by atoms with E-state index in [2.05, 4.69) is 15.5 Å². The molecule has 8 nitrogen and oxygen atoms in total. The highest BCUT2D eigenvalue weighted by Crippen LogP contribution is 2.30. The fourth-order valence-electron chi connectivity index (χ4n) is 3.76. The van der Waals surface area contributed by atoms with Gasteiger partial charge in [0.25, 0.3) is 0 Å². The van der Waals surface area contributed by atoms with Gasteiger partial charge in [-0.3, -0.25) is 14.5 Å². The number of likely N-dealkylation sites (tertiary alicyclic amines) is 1. The molecule has 2 aromatic rings. The highest BCUT2D eigenvalue weighted by molar-refractivity contribution is 5.94. The number of carbonyl (C=O) groups is 2. The number of methoxy groups -OCH3 is 2. The van der Waals surface area contributed by atoms with E-state index in [1.807, 2.05) is 31.2 Å². The van der Waals surface area contributed by atoms with E-state index in [0.717, 1.165) is 0 Å². The van der Waals surface area contributed by atoms with Gasteiger partial charge in [-0.25, -0.2) is 0 Å². The number of carbonyl (C=O) groups excluding carboxylic acids is 2. The molecule has 1 heterocycles. The molecule has 2 aromatic carbocycles. The third-order valence-corrected chi connectivity index (χ3v) is 5.44. The predicted octanol–water partition coefficient (Wildman–Crippen LogP) is 3.39. The van der Waals surface area contributed by atoms with Crippen LogP contribution in [-0.4, -0.2) is 57.2 Å². The summed E-state index contributed by atoms with van der Waals surface area (Å²) in [6.45, 7) is 4.09. The van der Waals surface area contributed by atoms with E-state index in [1.54, 1.807) is 32.4 Å². The third-order valence-electron chi connectivity index (χ3n) is 5.44. The summed E-state index contributed by atoms with van der Waals surface area (Å²) in [5, 5.41) is 5.88. The molecule has 8 heteroatoms. The number of nitrogens with zero attached hydrogens (tertiary/aromatic N) is 1. The minimum atomic E-state index is -0.106. The van der Waals surface area contributed by atoms with Gasteiger partial charge in [0.05, 0.1) is 33.1 Å².